The van der Waals surface area contributed by atoms with Crippen molar-refractivity contribution in [2.45, 2.75) is 25.2 Å². The molecule has 3 aromatic rings. The molecule has 0 amide bonds. The molecule has 0 aliphatic heterocycles. The van der Waals surface area contributed by atoms with Gasteiger partial charge in [-0.1, -0.05) is 42.5 Å². The summed E-state index contributed by atoms with van der Waals surface area (Å²) >= 11 is 0. The molecule has 2 aromatic carbocycles. The van der Waals surface area contributed by atoms with E-state index in [4.69, 9.17) is 9.47 Å². The van der Waals surface area contributed by atoms with Crippen molar-refractivity contribution in [3.8, 4) is 0 Å². The van der Waals surface area contributed by atoms with Gasteiger partial charge in [-0.3, -0.25) is 14.4 Å². The third-order valence-electron chi connectivity index (χ3n) is 4.88. The van der Waals surface area contributed by atoms with Crippen molar-refractivity contribution >= 4 is 22.8 Å². The second kappa shape index (κ2) is 9.19. The number of para-hydroxylation sites is 1. The molecule has 2 unspecified atom stereocenters. The Labute approximate surface area is 168 Å². The zero-order chi connectivity index (χ0) is 20.8. The molecule has 1 heterocycles. The normalized spacial score (nSPS) is 12.9. The van der Waals surface area contributed by atoms with Crippen LogP contribution in [-0.2, 0) is 19.1 Å². The Kier molecular flexibility index (Phi) is 6.44. The number of hydrogen-bond acceptors (Lipinski definition) is 5. The van der Waals surface area contributed by atoms with Crippen LogP contribution in [0.5, 0.6) is 0 Å². The fourth-order valence-electron chi connectivity index (χ4n) is 3.52. The average molecular weight is 393 g/mol. The number of H-pyrrole nitrogens is 1. The summed E-state index contributed by atoms with van der Waals surface area (Å²) < 4.78 is 10.2. The number of fused-ring (bicyclic) bond motifs is 1. The van der Waals surface area contributed by atoms with Gasteiger partial charge in [0.05, 0.1) is 20.1 Å². The number of aromatic amines is 1. The highest BCUT2D eigenvalue weighted by molar-refractivity contribution is 5.83. The summed E-state index contributed by atoms with van der Waals surface area (Å²) in [5.41, 5.74) is 1.61. The van der Waals surface area contributed by atoms with Crippen molar-refractivity contribution in [1.29, 1.82) is 0 Å². The molecular weight excluding hydrogens is 370 g/mol. The summed E-state index contributed by atoms with van der Waals surface area (Å²) in [5.74, 6) is -2.37. The maximum absolute atomic E-state index is 13.0. The number of carbonyl (C=O) groups excluding carboxylic acids is 2. The molecule has 29 heavy (non-hydrogen) atoms. The summed E-state index contributed by atoms with van der Waals surface area (Å²) in [6.45, 7) is 1.91. The Morgan fingerprint density at radius 1 is 1.03 bits per heavy atom. The molecular formula is C23H23NO5. The van der Waals surface area contributed by atoms with E-state index in [1.165, 1.54) is 13.2 Å². The molecule has 0 bridgehead atoms. The maximum Gasteiger partial charge on any atom is 0.315 e. The van der Waals surface area contributed by atoms with Crippen LogP contribution >= 0.6 is 0 Å². The van der Waals surface area contributed by atoms with E-state index < -0.39 is 23.8 Å². The Hall–Kier alpha value is -3.41. The lowest BCUT2D eigenvalue weighted by Crippen LogP contribution is -2.27. The van der Waals surface area contributed by atoms with Crippen LogP contribution in [0.15, 0.2) is 65.5 Å². The van der Waals surface area contributed by atoms with Crippen LogP contribution in [0.4, 0.5) is 0 Å². The molecule has 6 heteroatoms. The number of hydrogen-bond donors (Lipinski definition) is 1. The van der Waals surface area contributed by atoms with Crippen LogP contribution in [0.1, 0.15) is 36.4 Å². The minimum Gasteiger partial charge on any atom is -0.469 e. The summed E-state index contributed by atoms with van der Waals surface area (Å²) in [4.78, 5) is 41.0. The predicted molar refractivity (Wildman–Crippen MR) is 110 cm³/mol. The first-order valence-electron chi connectivity index (χ1n) is 9.45. The molecule has 150 valence electrons. The van der Waals surface area contributed by atoms with Gasteiger partial charge in [0.25, 0.3) is 0 Å². The molecule has 0 radical (unpaired) electrons. The zero-order valence-electron chi connectivity index (χ0n) is 16.4. The molecule has 1 aromatic heterocycles. The van der Waals surface area contributed by atoms with Crippen molar-refractivity contribution in [2.75, 3.05) is 13.7 Å². The Morgan fingerprint density at radius 3 is 2.41 bits per heavy atom. The third kappa shape index (κ3) is 4.54. The van der Waals surface area contributed by atoms with Gasteiger partial charge >= 0.3 is 11.9 Å². The average Bonchev–Trinajstić information content (AvgIpc) is 2.74. The zero-order valence-corrected chi connectivity index (χ0v) is 16.4. The number of rotatable bonds is 7. The second-order valence-corrected chi connectivity index (χ2v) is 6.66. The van der Waals surface area contributed by atoms with Crippen LogP contribution in [0.3, 0.4) is 0 Å². The number of methoxy groups -OCH3 is 1. The van der Waals surface area contributed by atoms with Crippen LogP contribution in [0, 0.1) is 0 Å². The van der Waals surface area contributed by atoms with E-state index in [9.17, 15) is 14.4 Å². The van der Waals surface area contributed by atoms with E-state index in [0.29, 0.717) is 16.6 Å². The van der Waals surface area contributed by atoms with E-state index in [1.54, 1.807) is 25.1 Å². The van der Waals surface area contributed by atoms with Gasteiger partial charge in [-0.05, 0) is 24.6 Å². The Balaban J connectivity index is 2.18. The lowest BCUT2D eigenvalue weighted by molar-refractivity contribution is -0.146. The first-order chi connectivity index (χ1) is 14.0. The molecule has 2 atom stereocenters. The van der Waals surface area contributed by atoms with Gasteiger partial charge in [0.2, 0.25) is 0 Å². The van der Waals surface area contributed by atoms with Gasteiger partial charge in [0.15, 0.2) is 5.43 Å². The summed E-state index contributed by atoms with van der Waals surface area (Å²) in [6, 6.07) is 17.7. The second-order valence-electron chi connectivity index (χ2n) is 6.66. The number of esters is 2. The quantitative estimate of drug-likeness (QED) is 0.621. The first kappa shape index (κ1) is 20.3. The highest BCUT2D eigenvalue weighted by atomic mass is 16.5. The third-order valence-corrected chi connectivity index (χ3v) is 4.88. The number of benzene rings is 2. The number of aromatic nitrogens is 1. The lowest BCUT2D eigenvalue weighted by atomic mass is 9.81. The van der Waals surface area contributed by atoms with Gasteiger partial charge in [0.1, 0.15) is 5.92 Å². The van der Waals surface area contributed by atoms with Crippen LogP contribution < -0.4 is 5.43 Å². The molecule has 0 saturated heterocycles. The van der Waals surface area contributed by atoms with Crippen molar-refractivity contribution in [3.05, 3.63) is 82.1 Å². The standard InChI is InChI=1S/C23H23NO5/c1-3-29-23(27)22(17(13-21(26)28-2)15-9-5-4-6-10-15)19-14-20(25)16-11-7-8-12-18(16)24-19/h4-12,14,17,22H,3,13H2,1-2H3,(H,24,25). The maximum atomic E-state index is 13.0. The molecule has 3 rings (SSSR count). The molecule has 6 nitrogen and oxygen atoms in total. The van der Waals surface area contributed by atoms with E-state index in [0.717, 1.165) is 5.56 Å². The number of carbonyl (C=O) groups is 2. The van der Waals surface area contributed by atoms with Crippen LogP contribution in [0.25, 0.3) is 10.9 Å². The SMILES string of the molecule is CCOC(=O)C(c1cc(=O)c2ccccc2[nH]1)C(CC(=O)OC)c1ccccc1. The predicted octanol–water partition coefficient (Wildman–Crippen LogP) is 3.52. The van der Waals surface area contributed by atoms with Gasteiger partial charge in [-0.2, -0.15) is 0 Å². The van der Waals surface area contributed by atoms with Crippen LogP contribution in [0.2, 0.25) is 0 Å². The largest absolute Gasteiger partial charge is 0.469 e. The van der Waals surface area contributed by atoms with Gasteiger partial charge in [-0.15, -0.1) is 0 Å². The summed E-state index contributed by atoms with van der Waals surface area (Å²) in [6.07, 6.45) is -0.0289. The number of pyridine rings is 1. The van der Waals surface area contributed by atoms with E-state index >= 15 is 0 Å². The van der Waals surface area contributed by atoms with Gasteiger partial charge < -0.3 is 14.5 Å². The molecule has 1 N–H and O–H groups in total. The van der Waals surface area contributed by atoms with E-state index in [1.807, 2.05) is 36.4 Å². The van der Waals surface area contributed by atoms with Crippen LogP contribution in [-0.4, -0.2) is 30.6 Å². The Bertz CT molecular complexity index is 1060. The molecule has 0 fully saturated rings. The highest BCUT2D eigenvalue weighted by Crippen LogP contribution is 2.36. The van der Waals surface area contributed by atoms with Crippen molar-refractivity contribution < 1.29 is 19.1 Å². The summed E-state index contributed by atoms with van der Waals surface area (Å²) in [5, 5.41) is 0.531. The topological polar surface area (TPSA) is 85.5 Å². The monoisotopic (exact) mass is 393 g/mol. The first-order valence-corrected chi connectivity index (χ1v) is 9.45. The minimum atomic E-state index is -0.867. The van der Waals surface area contributed by atoms with Crippen molar-refractivity contribution in [1.82, 2.24) is 4.98 Å². The van der Waals surface area contributed by atoms with Crippen molar-refractivity contribution in [3.63, 3.8) is 0 Å². The number of ether oxygens (including phenoxy) is 2. The fourth-order valence-corrected chi connectivity index (χ4v) is 3.52. The minimum absolute atomic E-state index is 0.0289. The fraction of sp³-hybridized carbons (Fsp3) is 0.261. The molecule has 0 aliphatic rings. The smallest absolute Gasteiger partial charge is 0.315 e. The van der Waals surface area contributed by atoms with Gasteiger partial charge in [-0.25, -0.2) is 0 Å². The number of nitrogens with one attached hydrogen (secondary N) is 1. The van der Waals surface area contributed by atoms with Crippen molar-refractivity contribution in [2.24, 2.45) is 0 Å². The molecule has 0 spiro atoms. The lowest BCUT2D eigenvalue weighted by Gasteiger charge is -2.25. The van der Waals surface area contributed by atoms with Gasteiger partial charge in [0, 0.05) is 28.6 Å². The molecule has 0 saturated carbocycles. The van der Waals surface area contributed by atoms with E-state index in [2.05, 4.69) is 4.98 Å². The Morgan fingerprint density at radius 2 is 1.72 bits per heavy atom. The highest BCUT2D eigenvalue weighted by Gasteiger charge is 2.35. The van der Waals surface area contributed by atoms with E-state index in [-0.39, 0.29) is 18.5 Å². The molecule has 0 aliphatic carbocycles. The summed E-state index contributed by atoms with van der Waals surface area (Å²) in [7, 11) is 1.31.